The molecule has 1 unspecified atom stereocenters. The highest BCUT2D eigenvalue weighted by atomic mass is 32.2. The molecule has 6 heteroatoms. The van der Waals surface area contributed by atoms with Crippen LogP contribution in [0, 0.1) is 11.3 Å². The number of nitrogens with zero attached hydrogens (tertiary/aromatic N) is 2. The van der Waals surface area contributed by atoms with E-state index in [1.165, 1.54) is 12.1 Å². The monoisotopic (exact) mass is 309 g/mol. The van der Waals surface area contributed by atoms with Gasteiger partial charge in [-0.2, -0.15) is 5.26 Å². The highest BCUT2D eigenvalue weighted by molar-refractivity contribution is 7.90. The molecular weight excluding hydrogens is 298 g/mol. The van der Waals surface area contributed by atoms with Gasteiger partial charge in [0.1, 0.15) is 0 Å². The van der Waals surface area contributed by atoms with Crippen molar-refractivity contribution in [2.24, 2.45) is 0 Å². The largest absolute Gasteiger partial charge is 0.281 e. The van der Waals surface area contributed by atoms with Gasteiger partial charge in [0.05, 0.1) is 27.6 Å². The van der Waals surface area contributed by atoms with Gasteiger partial charge in [-0.15, -0.1) is 0 Å². The summed E-state index contributed by atoms with van der Waals surface area (Å²) >= 11 is 0. The summed E-state index contributed by atoms with van der Waals surface area (Å²) in [5.41, 5.74) is 1.73. The summed E-state index contributed by atoms with van der Waals surface area (Å²) in [6.45, 7) is 0. The number of nitrogens with one attached hydrogen (secondary N) is 1. The van der Waals surface area contributed by atoms with Gasteiger partial charge >= 0.3 is 0 Å². The predicted octanol–water partition coefficient (Wildman–Crippen LogP) is 0.321. The standard InChI is InChI=1S/C16H11N3O2S/c17-9-10-3-6-14-13(8-10)12-5-4-11-2-1-7-18-15(11)16(12)19-22(14,20)21/h1-4,6-8,12,19H,5H2. The molecule has 0 amide bonds. The van der Waals surface area contributed by atoms with E-state index < -0.39 is 10.0 Å². The van der Waals surface area contributed by atoms with Crippen LogP contribution in [0.25, 0.3) is 11.8 Å². The van der Waals surface area contributed by atoms with Gasteiger partial charge in [0.15, 0.2) is 0 Å². The minimum Gasteiger partial charge on any atom is -0.281 e. The molecule has 108 valence electrons. The lowest BCUT2D eigenvalue weighted by Crippen LogP contribution is -2.44. The van der Waals surface area contributed by atoms with Crippen LogP contribution in [0.1, 0.15) is 23.5 Å². The Balaban J connectivity index is 2.09. The van der Waals surface area contributed by atoms with E-state index in [1.54, 1.807) is 12.3 Å². The molecule has 5 nitrogen and oxygen atoms in total. The molecule has 1 N–H and O–H groups in total. The van der Waals surface area contributed by atoms with Gasteiger partial charge in [0, 0.05) is 12.1 Å². The van der Waals surface area contributed by atoms with Crippen LogP contribution in [0.5, 0.6) is 0 Å². The van der Waals surface area contributed by atoms with E-state index in [9.17, 15) is 8.42 Å². The molecule has 0 spiro atoms. The number of hydrogen-bond acceptors (Lipinski definition) is 4. The topological polar surface area (TPSA) is 82.8 Å². The molecule has 0 bridgehead atoms. The number of rotatable bonds is 0. The van der Waals surface area contributed by atoms with Crippen molar-refractivity contribution in [1.82, 2.24) is 9.71 Å². The summed E-state index contributed by atoms with van der Waals surface area (Å²) < 4.78 is 27.6. The molecule has 4 rings (SSSR count). The first-order chi connectivity index (χ1) is 10.6. The van der Waals surface area contributed by atoms with Crippen LogP contribution in [0.15, 0.2) is 41.4 Å². The third-order valence-corrected chi connectivity index (χ3v) is 5.50. The fourth-order valence-electron chi connectivity index (χ4n) is 3.07. The summed E-state index contributed by atoms with van der Waals surface area (Å²) in [5.74, 6) is -0.116. The molecule has 1 aliphatic heterocycles. The average Bonchev–Trinajstić information content (AvgIpc) is 2.54. The van der Waals surface area contributed by atoms with Gasteiger partial charge in [0.25, 0.3) is 10.0 Å². The van der Waals surface area contributed by atoms with Crippen LogP contribution in [-0.2, 0) is 10.0 Å². The lowest BCUT2D eigenvalue weighted by Gasteiger charge is -2.30. The van der Waals surface area contributed by atoms with Crippen molar-refractivity contribution >= 4 is 21.8 Å². The summed E-state index contributed by atoms with van der Waals surface area (Å²) in [6, 6.07) is 10.5. The van der Waals surface area contributed by atoms with Gasteiger partial charge in [0.2, 0.25) is 0 Å². The van der Waals surface area contributed by atoms with Crippen LogP contribution in [0.3, 0.4) is 0 Å². The van der Waals surface area contributed by atoms with Crippen LogP contribution in [0.4, 0.5) is 0 Å². The zero-order valence-corrected chi connectivity index (χ0v) is 12.3. The second-order valence-corrected chi connectivity index (χ2v) is 6.97. The van der Waals surface area contributed by atoms with Crippen molar-refractivity contribution in [2.45, 2.75) is 17.2 Å². The number of aromatic nitrogens is 1. The Kier molecular flexibility index (Phi) is 2.62. The third kappa shape index (κ3) is 1.76. The molecule has 0 saturated heterocycles. The summed E-state index contributed by atoms with van der Waals surface area (Å²) in [5, 5.41) is 10.7. The minimum absolute atomic E-state index is 0.116. The Morgan fingerprint density at radius 2 is 2.18 bits per heavy atom. The quantitative estimate of drug-likeness (QED) is 0.760. The predicted molar refractivity (Wildman–Crippen MR) is 80.2 cm³/mol. The molecule has 0 radical (unpaired) electrons. The van der Waals surface area contributed by atoms with Crippen molar-refractivity contribution in [1.29, 1.82) is 5.26 Å². The smallest absolute Gasteiger partial charge is 0.262 e. The van der Waals surface area contributed by atoms with E-state index in [2.05, 4.69) is 21.9 Å². The number of hydrogen-bond donors (Lipinski definition) is 1. The van der Waals surface area contributed by atoms with Crippen LogP contribution in [0.2, 0.25) is 0 Å². The number of nitriles is 1. The number of benzene rings is 1. The number of sulfonamides is 1. The molecule has 2 aromatic rings. The maximum absolute atomic E-state index is 12.5. The Bertz CT molecular complexity index is 1070. The zero-order valence-electron chi connectivity index (χ0n) is 11.4. The van der Waals surface area contributed by atoms with E-state index in [0.29, 0.717) is 28.6 Å². The van der Waals surface area contributed by atoms with E-state index in [1.807, 2.05) is 12.1 Å². The molecule has 2 heterocycles. The molecular formula is C16H11N3O2S. The van der Waals surface area contributed by atoms with Crippen molar-refractivity contribution in [2.75, 3.05) is 0 Å². The van der Waals surface area contributed by atoms with Crippen molar-refractivity contribution in [3.8, 4) is 6.07 Å². The third-order valence-electron chi connectivity index (χ3n) is 4.06. The van der Waals surface area contributed by atoms with E-state index >= 15 is 0 Å². The highest BCUT2D eigenvalue weighted by Gasteiger charge is 2.35. The van der Waals surface area contributed by atoms with Crippen molar-refractivity contribution in [3.63, 3.8) is 0 Å². The second-order valence-electron chi connectivity index (χ2n) is 5.32. The summed E-state index contributed by atoms with van der Waals surface area (Å²) in [7, 11) is -3.63. The number of fused-ring (bicyclic) bond motifs is 4. The van der Waals surface area contributed by atoms with Gasteiger partial charge in [-0.25, -0.2) is 8.42 Å². The van der Waals surface area contributed by atoms with Crippen LogP contribution >= 0.6 is 0 Å². The Labute approximate surface area is 127 Å². The van der Waals surface area contributed by atoms with Gasteiger partial charge in [-0.1, -0.05) is 12.1 Å². The molecule has 22 heavy (non-hydrogen) atoms. The second kappa shape index (κ2) is 4.42. The maximum Gasteiger partial charge on any atom is 0.262 e. The Morgan fingerprint density at radius 3 is 3.00 bits per heavy atom. The fraction of sp³-hybridized carbons (Fsp3) is 0.125. The van der Waals surface area contributed by atoms with Crippen LogP contribution < -0.4 is 15.3 Å². The lowest BCUT2D eigenvalue weighted by atomic mass is 9.88. The number of pyridine rings is 1. The Hall–Kier alpha value is -2.65. The van der Waals surface area contributed by atoms with Crippen LogP contribution in [-0.4, -0.2) is 13.4 Å². The molecule has 1 aromatic carbocycles. The first kappa shape index (κ1) is 13.0. The van der Waals surface area contributed by atoms with Crippen molar-refractivity contribution in [3.05, 3.63) is 58.2 Å². The summed E-state index contributed by atoms with van der Waals surface area (Å²) in [6.07, 6.45) is 4.38. The van der Waals surface area contributed by atoms with E-state index in [4.69, 9.17) is 5.26 Å². The highest BCUT2D eigenvalue weighted by Crippen LogP contribution is 2.38. The maximum atomic E-state index is 12.5. The van der Waals surface area contributed by atoms with Crippen molar-refractivity contribution < 1.29 is 8.42 Å². The molecule has 0 fully saturated rings. The first-order valence-corrected chi connectivity index (χ1v) is 8.31. The first-order valence-electron chi connectivity index (χ1n) is 6.82. The SMILES string of the molecule is N#Cc1ccc2c(c1)C1CC=c3cccnc3=C1NS2(=O)=O. The lowest BCUT2D eigenvalue weighted by molar-refractivity contribution is 0.582. The fourth-order valence-corrected chi connectivity index (χ4v) is 4.47. The molecule has 2 aliphatic rings. The minimum atomic E-state index is -3.63. The van der Waals surface area contributed by atoms with Gasteiger partial charge in [-0.05, 0) is 41.5 Å². The molecule has 1 atom stereocenters. The van der Waals surface area contributed by atoms with E-state index in [0.717, 1.165) is 5.22 Å². The Morgan fingerprint density at radius 1 is 1.32 bits per heavy atom. The molecule has 1 aromatic heterocycles. The van der Waals surface area contributed by atoms with Gasteiger partial charge in [-0.3, -0.25) is 9.71 Å². The normalized spacial score (nSPS) is 20.5. The molecule has 0 saturated carbocycles. The van der Waals surface area contributed by atoms with Gasteiger partial charge < -0.3 is 0 Å². The zero-order chi connectivity index (χ0) is 15.3. The van der Waals surface area contributed by atoms with E-state index in [-0.39, 0.29) is 10.8 Å². The average molecular weight is 309 g/mol. The summed E-state index contributed by atoms with van der Waals surface area (Å²) in [4.78, 5) is 4.57. The molecule has 1 aliphatic carbocycles.